The molecular weight excluding hydrogens is 879 g/mol. The van der Waals surface area contributed by atoms with Gasteiger partial charge in [-0.2, -0.15) is 0 Å². The smallest absolute Gasteiger partial charge is 0.0708 e. The Labute approximate surface area is 419 Å². The summed E-state index contributed by atoms with van der Waals surface area (Å²) in [7, 11) is 0. The maximum atomic E-state index is 5.26. The van der Waals surface area contributed by atoms with Gasteiger partial charge in [0.25, 0.3) is 0 Å². The summed E-state index contributed by atoms with van der Waals surface area (Å²) in [5.41, 5.74) is 20.7. The highest BCUT2D eigenvalue weighted by molar-refractivity contribution is 7.25. The first kappa shape index (κ1) is 43.7. The summed E-state index contributed by atoms with van der Waals surface area (Å²) in [6.45, 7) is 0. The molecule has 0 unspecified atom stereocenters. The van der Waals surface area contributed by atoms with Gasteiger partial charge in [0.1, 0.15) is 0 Å². The van der Waals surface area contributed by atoms with E-state index < -0.39 is 0 Å². The number of rotatable bonds is 13. The molecule has 0 saturated heterocycles. The van der Waals surface area contributed by atoms with E-state index in [0.29, 0.717) is 0 Å². The first-order valence-corrected chi connectivity index (χ1v) is 25.3. The van der Waals surface area contributed by atoms with Crippen molar-refractivity contribution < 1.29 is 0 Å². The quantitative estimate of drug-likeness (QED) is 0.116. The lowest BCUT2D eigenvalue weighted by Gasteiger charge is -2.17. The van der Waals surface area contributed by atoms with Gasteiger partial charge in [-0.25, -0.2) is 0 Å². The molecule has 0 aliphatic carbocycles. The maximum absolute atomic E-state index is 5.26. The molecule has 4 aromatic heterocycles. The van der Waals surface area contributed by atoms with Crippen molar-refractivity contribution in [1.82, 2.24) is 15.0 Å². The Bertz CT molecular complexity index is 3680. The molecule has 0 atom stereocenters. The van der Waals surface area contributed by atoms with Crippen LogP contribution in [0.5, 0.6) is 0 Å². The molecule has 4 heteroatoms. The number of hydrogen-bond acceptors (Lipinski definition) is 4. The Kier molecular flexibility index (Phi) is 12.2. The van der Waals surface area contributed by atoms with E-state index >= 15 is 0 Å². The highest BCUT2D eigenvalue weighted by Crippen LogP contribution is 2.41. The van der Waals surface area contributed by atoms with Crippen LogP contribution >= 0.6 is 11.3 Å². The molecule has 0 bridgehead atoms. The van der Waals surface area contributed by atoms with Crippen molar-refractivity contribution in [2.75, 3.05) is 0 Å². The molecule has 0 aliphatic rings. The van der Waals surface area contributed by atoms with Crippen molar-refractivity contribution in [1.29, 1.82) is 0 Å². The summed E-state index contributed by atoms with van der Waals surface area (Å²) in [5.74, 6) is 0. The van der Waals surface area contributed by atoms with Crippen molar-refractivity contribution in [3.8, 4) is 78.3 Å². The van der Waals surface area contributed by atoms with Crippen LogP contribution < -0.4 is 0 Å². The van der Waals surface area contributed by atoms with Gasteiger partial charge in [0.05, 0.1) is 17.1 Å². The molecule has 4 heterocycles. The Hall–Kier alpha value is -8.57. The molecule has 0 spiro atoms. The number of aromatic nitrogens is 3. The zero-order chi connectivity index (χ0) is 47.3. The van der Waals surface area contributed by atoms with Crippen molar-refractivity contribution in [2.45, 2.75) is 25.7 Å². The lowest BCUT2D eigenvalue weighted by molar-refractivity contribution is 0.923. The molecule has 12 rings (SSSR count). The van der Waals surface area contributed by atoms with Gasteiger partial charge in [0.2, 0.25) is 0 Å². The molecular formula is C67H49N3S. The van der Waals surface area contributed by atoms with Crippen molar-refractivity contribution in [2.24, 2.45) is 0 Å². The average molecular weight is 928 g/mol. The fourth-order valence-electron chi connectivity index (χ4n) is 9.91. The van der Waals surface area contributed by atoms with Crippen LogP contribution in [-0.2, 0) is 25.7 Å². The monoisotopic (exact) mass is 927 g/mol. The second-order valence-electron chi connectivity index (χ2n) is 18.3. The Morgan fingerprint density at radius 1 is 0.254 bits per heavy atom. The summed E-state index contributed by atoms with van der Waals surface area (Å²) in [6.07, 6.45) is 9.74. The van der Waals surface area contributed by atoms with Gasteiger partial charge in [-0.15, -0.1) is 11.3 Å². The van der Waals surface area contributed by atoms with Crippen LogP contribution in [0.3, 0.4) is 0 Å². The predicted molar refractivity (Wildman–Crippen MR) is 298 cm³/mol. The first-order chi connectivity index (χ1) is 35.1. The van der Waals surface area contributed by atoms with Crippen LogP contribution in [0.4, 0.5) is 0 Å². The molecule has 0 aliphatic heterocycles. The van der Waals surface area contributed by atoms with Crippen LogP contribution in [0.25, 0.3) is 98.5 Å². The fraction of sp³-hybridized carbons (Fsp3) is 0.0597. The highest BCUT2D eigenvalue weighted by Gasteiger charge is 2.17. The fourth-order valence-corrected chi connectivity index (χ4v) is 11.1. The van der Waals surface area contributed by atoms with E-state index in [1.54, 1.807) is 0 Å². The molecule has 338 valence electrons. The number of fused-ring (bicyclic) bond motifs is 3. The number of hydrogen-bond donors (Lipinski definition) is 0. The average Bonchev–Trinajstić information content (AvgIpc) is 3.83. The lowest BCUT2D eigenvalue weighted by Crippen LogP contribution is -1.99. The van der Waals surface area contributed by atoms with Crippen LogP contribution in [0.2, 0.25) is 0 Å². The Balaban J connectivity index is 0.890. The molecule has 3 nitrogen and oxygen atoms in total. The van der Waals surface area contributed by atoms with E-state index in [0.717, 1.165) is 81.7 Å². The standard InChI is InChI=1S/C67H49N3S/c1-4-15-50(16-5-1)61-42-65(55-22-14-21-53(40-55)54-33-34-60-59-25-12-13-26-66(59)71-67(60)41-54)70-45-62(61)58-24-11-10-23-57(58)56-38-48(29-27-46-31-35-63(68-43-46)51-17-6-2-7-18-51)37-49(39-56)30-28-47-32-36-64(69-44-47)52-19-8-3-9-20-52/h1-26,31-45H,27-30H2. The van der Waals surface area contributed by atoms with E-state index in [4.69, 9.17) is 15.0 Å². The topological polar surface area (TPSA) is 38.7 Å². The summed E-state index contributed by atoms with van der Waals surface area (Å²) >= 11 is 1.86. The van der Waals surface area contributed by atoms with Gasteiger partial charge in [0.15, 0.2) is 0 Å². The molecule has 0 radical (unpaired) electrons. The summed E-state index contributed by atoms with van der Waals surface area (Å²) in [5, 5.41) is 2.63. The van der Waals surface area contributed by atoms with E-state index in [2.05, 4.69) is 225 Å². The van der Waals surface area contributed by atoms with Crippen LogP contribution in [0.1, 0.15) is 22.3 Å². The van der Waals surface area contributed by atoms with Gasteiger partial charge in [-0.3, -0.25) is 15.0 Å². The molecule has 0 N–H and O–H groups in total. The van der Waals surface area contributed by atoms with Crippen LogP contribution in [0, 0.1) is 0 Å². The highest BCUT2D eigenvalue weighted by atomic mass is 32.1. The number of nitrogens with zero attached hydrogens (tertiary/aromatic N) is 3. The molecule has 8 aromatic carbocycles. The Morgan fingerprint density at radius 2 is 0.775 bits per heavy atom. The molecule has 0 amide bonds. The van der Waals surface area contributed by atoms with Crippen LogP contribution in [-0.4, -0.2) is 15.0 Å². The first-order valence-electron chi connectivity index (χ1n) is 24.5. The van der Waals surface area contributed by atoms with E-state index in [1.807, 2.05) is 35.9 Å². The van der Waals surface area contributed by atoms with Crippen molar-refractivity contribution in [3.05, 3.63) is 271 Å². The minimum atomic E-state index is 0.891. The normalized spacial score (nSPS) is 11.3. The summed E-state index contributed by atoms with van der Waals surface area (Å²) in [4.78, 5) is 15.0. The number of aryl methyl sites for hydroxylation is 4. The Morgan fingerprint density at radius 3 is 1.42 bits per heavy atom. The van der Waals surface area contributed by atoms with Gasteiger partial charge >= 0.3 is 0 Å². The molecule has 0 fully saturated rings. The summed E-state index contributed by atoms with van der Waals surface area (Å²) in [6, 6.07) is 83.0. The second kappa shape index (κ2) is 19.8. The van der Waals surface area contributed by atoms with Gasteiger partial charge in [-0.1, -0.05) is 194 Å². The lowest BCUT2D eigenvalue weighted by atomic mass is 9.87. The third-order valence-corrected chi connectivity index (χ3v) is 14.8. The zero-order valence-corrected chi connectivity index (χ0v) is 40.1. The maximum Gasteiger partial charge on any atom is 0.0708 e. The minimum absolute atomic E-state index is 0.891. The van der Waals surface area contributed by atoms with Crippen molar-refractivity contribution >= 4 is 31.5 Å². The van der Waals surface area contributed by atoms with Crippen molar-refractivity contribution in [3.63, 3.8) is 0 Å². The summed E-state index contributed by atoms with van der Waals surface area (Å²) < 4.78 is 2.62. The van der Waals surface area contributed by atoms with Crippen LogP contribution in [0.15, 0.2) is 249 Å². The van der Waals surface area contributed by atoms with E-state index in [1.165, 1.54) is 64.7 Å². The number of benzene rings is 8. The SMILES string of the molecule is c1ccc(-c2ccc(CCc3cc(CCc4ccc(-c5ccccc5)nc4)cc(-c4ccccc4-c4cnc(-c5cccc(-c6ccc7c(c6)sc6ccccc67)c5)cc4-c4ccccc4)c3)cn2)cc1. The molecule has 12 aromatic rings. The van der Waals surface area contributed by atoms with Gasteiger partial charge in [-0.05, 0) is 123 Å². The zero-order valence-electron chi connectivity index (χ0n) is 39.2. The predicted octanol–water partition coefficient (Wildman–Crippen LogP) is 17.5. The number of pyridine rings is 3. The molecule has 0 saturated carbocycles. The van der Waals surface area contributed by atoms with E-state index in [9.17, 15) is 0 Å². The largest absolute Gasteiger partial charge is 0.256 e. The van der Waals surface area contributed by atoms with Gasteiger partial charge < -0.3 is 0 Å². The number of thiophene rings is 1. The minimum Gasteiger partial charge on any atom is -0.256 e. The third-order valence-electron chi connectivity index (χ3n) is 13.6. The van der Waals surface area contributed by atoms with E-state index in [-0.39, 0.29) is 0 Å². The van der Waals surface area contributed by atoms with Gasteiger partial charge in [0, 0.05) is 61.0 Å². The third kappa shape index (κ3) is 9.46. The molecule has 71 heavy (non-hydrogen) atoms. The second-order valence-corrected chi connectivity index (χ2v) is 19.4.